The second-order valence-corrected chi connectivity index (χ2v) is 7.17. The van der Waals surface area contributed by atoms with E-state index in [4.69, 9.17) is 11.6 Å². The molecule has 1 aliphatic heterocycles. The summed E-state index contributed by atoms with van der Waals surface area (Å²) in [6.45, 7) is 0.447. The zero-order chi connectivity index (χ0) is 18.3. The fourth-order valence-electron chi connectivity index (χ4n) is 4.17. The Kier molecular flexibility index (Phi) is 4.21. The fourth-order valence-corrected chi connectivity index (χ4v) is 4.40. The van der Waals surface area contributed by atoms with E-state index in [1.807, 2.05) is 12.1 Å². The molecule has 0 bridgehead atoms. The average Bonchev–Trinajstić information content (AvgIpc) is 2.65. The summed E-state index contributed by atoms with van der Waals surface area (Å²) in [5.41, 5.74) is 2.22. The number of hydrogen-bond acceptors (Lipinski definition) is 4. The first-order chi connectivity index (χ1) is 12.5. The van der Waals surface area contributed by atoms with Gasteiger partial charge in [0.05, 0.1) is 22.9 Å². The molecule has 0 saturated heterocycles. The van der Waals surface area contributed by atoms with E-state index >= 15 is 0 Å². The number of rotatable bonds is 2. The van der Waals surface area contributed by atoms with Gasteiger partial charge in [-0.2, -0.15) is 0 Å². The minimum atomic E-state index is -0.995. The summed E-state index contributed by atoms with van der Waals surface area (Å²) in [5, 5.41) is 16.8. The molecule has 2 aromatic carbocycles. The standard InChI is InChI=1S/C20H19ClN2O3/c21-15-9-8-13(12-5-1-2-6-14(12)19(25)26)17-18(15)22-11-23-20(17)10-4-3-7-16(20)24/h1-2,5-6,8-9,22-23H,3-4,7,10-11H2,(H,25,26). The van der Waals surface area contributed by atoms with Gasteiger partial charge in [0.1, 0.15) is 5.54 Å². The Morgan fingerprint density at radius 2 is 1.92 bits per heavy atom. The molecule has 0 radical (unpaired) electrons. The monoisotopic (exact) mass is 370 g/mol. The van der Waals surface area contributed by atoms with Gasteiger partial charge >= 0.3 is 5.97 Å². The minimum Gasteiger partial charge on any atom is -0.478 e. The number of carbonyl (C=O) groups is 2. The van der Waals surface area contributed by atoms with Gasteiger partial charge < -0.3 is 10.4 Å². The van der Waals surface area contributed by atoms with Crippen LogP contribution in [0.1, 0.15) is 41.6 Å². The Morgan fingerprint density at radius 3 is 2.69 bits per heavy atom. The number of fused-ring (bicyclic) bond motifs is 2. The third kappa shape index (κ3) is 2.50. The maximum absolute atomic E-state index is 13.0. The van der Waals surface area contributed by atoms with Crippen molar-refractivity contribution in [1.29, 1.82) is 0 Å². The van der Waals surface area contributed by atoms with Crippen molar-refractivity contribution in [3.05, 3.63) is 52.5 Å². The van der Waals surface area contributed by atoms with Crippen molar-refractivity contribution in [2.45, 2.75) is 31.2 Å². The van der Waals surface area contributed by atoms with Gasteiger partial charge in [0.15, 0.2) is 5.78 Å². The van der Waals surface area contributed by atoms with Crippen LogP contribution in [-0.4, -0.2) is 23.5 Å². The Labute approximate surface area is 156 Å². The van der Waals surface area contributed by atoms with E-state index in [9.17, 15) is 14.7 Å². The zero-order valence-corrected chi connectivity index (χ0v) is 14.9. The highest BCUT2D eigenvalue weighted by Crippen LogP contribution is 2.48. The molecule has 1 aliphatic carbocycles. The molecule has 2 aromatic rings. The molecular formula is C20H19ClN2O3. The van der Waals surface area contributed by atoms with E-state index in [-0.39, 0.29) is 11.3 Å². The first kappa shape index (κ1) is 17.1. The Hall–Kier alpha value is -2.37. The van der Waals surface area contributed by atoms with Crippen molar-refractivity contribution in [1.82, 2.24) is 5.32 Å². The van der Waals surface area contributed by atoms with Crippen molar-refractivity contribution in [2.75, 3.05) is 12.0 Å². The molecule has 0 aromatic heterocycles. The van der Waals surface area contributed by atoms with E-state index in [1.54, 1.807) is 24.3 Å². The zero-order valence-electron chi connectivity index (χ0n) is 14.1. The van der Waals surface area contributed by atoms with Gasteiger partial charge in [0.25, 0.3) is 0 Å². The lowest BCUT2D eigenvalue weighted by atomic mass is 9.71. The van der Waals surface area contributed by atoms with E-state index in [1.165, 1.54) is 0 Å². The van der Waals surface area contributed by atoms with Crippen LogP contribution < -0.4 is 10.6 Å². The maximum Gasteiger partial charge on any atom is 0.336 e. The number of aromatic carboxylic acids is 1. The topological polar surface area (TPSA) is 78.4 Å². The number of hydrogen-bond donors (Lipinski definition) is 3. The van der Waals surface area contributed by atoms with Gasteiger partial charge in [-0.1, -0.05) is 42.3 Å². The first-order valence-corrected chi connectivity index (χ1v) is 9.10. The number of Topliss-reactive ketones (excluding diaryl/α,β-unsaturated/α-hetero) is 1. The predicted octanol–water partition coefficient (Wildman–Crippen LogP) is 4.02. The van der Waals surface area contributed by atoms with Gasteiger partial charge in [0, 0.05) is 12.0 Å². The van der Waals surface area contributed by atoms with Crippen LogP contribution in [0, 0.1) is 0 Å². The molecule has 1 unspecified atom stereocenters. The van der Waals surface area contributed by atoms with Crippen LogP contribution in [0.4, 0.5) is 5.69 Å². The quantitative estimate of drug-likeness (QED) is 0.744. The van der Waals surface area contributed by atoms with E-state index in [2.05, 4.69) is 10.6 Å². The van der Waals surface area contributed by atoms with Crippen LogP contribution in [0.3, 0.4) is 0 Å². The molecule has 6 heteroatoms. The molecule has 134 valence electrons. The lowest BCUT2D eigenvalue weighted by Gasteiger charge is -2.43. The summed E-state index contributed by atoms with van der Waals surface area (Å²) < 4.78 is 0. The van der Waals surface area contributed by atoms with Crippen molar-refractivity contribution >= 4 is 29.0 Å². The van der Waals surface area contributed by atoms with Crippen molar-refractivity contribution in [3.8, 4) is 11.1 Å². The van der Waals surface area contributed by atoms with Gasteiger partial charge in [0.2, 0.25) is 0 Å². The number of carboxylic acids is 1. The molecule has 1 fully saturated rings. The molecule has 1 heterocycles. The summed E-state index contributed by atoms with van der Waals surface area (Å²) in [5.74, 6) is -0.854. The van der Waals surface area contributed by atoms with Gasteiger partial charge in [-0.05, 0) is 36.1 Å². The third-order valence-electron chi connectivity index (χ3n) is 5.37. The van der Waals surface area contributed by atoms with Gasteiger partial charge in [-0.25, -0.2) is 4.79 Å². The lowest BCUT2D eigenvalue weighted by Crippen LogP contribution is -2.55. The second kappa shape index (κ2) is 6.41. The average molecular weight is 371 g/mol. The molecule has 0 amide bonds. The Balaban J connectivity index is 2.03. The minimum absolute atomic E-state index is 0.142. The maximum atomic E-state index is 13.0. The highest BCUT2D eigenvalue weighted by Gasteiger charge is 2.46. The van der Waals surface area contributed by atoms with Gasteiger partial charge in [-0.15, -0.1) is 0 Å². The SMILES string of the molecule is O=C(O)c1ccccc1-c1ccc(Cl)c2c1C1(CCCCC1=O)NCN2. The van der Waals surface area contributed by atoms with Crippen molar-refractivity contribution in [3.63, 3.8) is 0 Å². The smallest absolute Gasteiger partial charge is 0.336 e. The molecule has 1 saturated carbocycles. The third-order valence-corrected chi connectivity index (χ3v) is 5.68. The van der Waals surface area contributed by atoms with Crippen LogP contribution in [-0.2, 0) is 10.3 Å². The Morgan fingerprint density at radius 1 is 1.12 bits per heavy atom. The van der Waals surface area contributed by atoms with Crippen LogP contribution in [0.25, 0.3) is 11.1 Å². The molecule has 26 heavy (non-hydrogen) atoms. The van der Waals surface area contributed by atoms with Crippen LogP contribution in [0.2, 0.25) is 5.02 Å². The van der Waals surface area contributed by atoms with Crippen LogP contribution in [0.5, 0.6) is 0 Å². The van der Waals surface area contributed by atoms with Gasteiger partial charge in [-0.3, -0.25) is 10.1 Å². The first-order valence-electron chi connectivity index (χ1n) is 8.72. The summed E-state index contributed by atoms with van der Waals surface area (Å²) in [6.07, 6.45) is 3.01. The molecule has 1 spiro atoms. The molecule has 4 rings (SSSR count). The number of nitrogens with one attached hydrogen (secondary N) is 2. The number of carboxylic acid groups (broad SMARTS) is 1. The van der Waals surface area contributed by atoms with Crippen LogP contribution in [0.15, 0.2) is 36.4 Å². The summed E-state index contributed by atoms with van der Waals surface area (Å²) in [6, 6.07) is 10.4. The molecular weight excluding hydrogens is 352 g/mol. The van der Waals surface area contributed by atoms with Crippen molar-refractivity contribution in [2.24, 2.45) is 0 Å². The highest BCUT2D eigenvalue weighted by molar-refractivity contribution is 6.33. The second-order valence-electron chi connectivity index (χ2n) is 6.76. The van der Waals surface area contributed by atoms with Crippen molar-refractivity contribution < 1.29 is 14.7 Å². The fraction of sp³-hybridized carbons (Fsp3) is 0.300. The van der Waals surface area contributed by atoms with E-state index in [0.29, 0.717) is 30.1 Å². The Bertz CT molecular complexity index is 912. The van der Waals surface area contributed by atoms with Crippen LogP contribution >= 0.6 is 11.6 Å². The summed E-state index contributed by atoms with van der Waals surface area (Å²) >= 11 is 6.44. The number of carbonyl (C=O) groups excluding carboxylic acids is 1. The predicted molar refractivity (Wildman–Crippen MR) is 101 cm³/mol. The highest BCUT2D eigenvalue weighted by atomic mass is 35.5. The molecule has 2 aliphatic rings. The number of ketones is 1. The number of anilines is 1. The largest absolute Gasteiger partial charge is 0.478 e. The molecule has 1 atom stereocenters. The molecule has 3 N–H and O–H groups in total. The van der Waals surface area contributed by atoms with E-state index < -0.39 is 11.5 Å². The summed E-state index contributed by atoms with van der Waals surface area (Å²) in [7, 11) is 0. The summed E-state index contributed by atoms with van der Waals surface area (Å²) in [4.78, 5) is 24.7. The lowest BCUT2D eigenvalue weighted by molar-refractivity contribution is -0.128. The number of benzene rings is 2. The number of halogens is 1. The van der Waals surface area contributed by atoms with E-state index in [0.717, 1.165) is 29.7 Å². The molecule has 5 nitrogen and oxygen atoms in total. The normalized spacial score (nSPS) is 22.0.